The lowest BCUT2D eigenvalue weighted by Gasteiger charge is -2.33. The second-order valence-electron chi connectivity index (χ2n) is 6.46. The summed E-state index contributed by atoms with van der Waals surface area (Å²) in [5, 5.41) is 0. The van der Waals surface area contributed by atoms with Gasteiger partial charge in [0.25, 0.3) is 5.91 Å². The van der Waals surface area contributed by atoms with E-state index in [0.717, 1.165) is 0 Å². The maximum Gasteiger partial charge on any atom is 0.409 e. The average molecular weight is 436 g/mol. The summed E-state index contributed by atoms with van der Waals surface area (Å²) < 4.78 is 25.8. The number of hydrogen-bond donors (Lipinski definition) is 0. The van der Waals surface area contributed by atoms with E-state index in [1.165, 1.54) is 33.5 Å². The van der Waals surface area contributed by atoms with Crippen LogP contribution in [-0.4, -0.2) is 88.5 Å². The van der Waals surface area contributed by atoms with Crippen molar-refractivity contribution >= 4 is 24.0 Å². The molecule has 0 aliphatic carbocycles. The van der Waals surface area contributed by atoms with E-state index in [9.17, 15) is 14.4 Å². The molecule has 170 valence electrons. The van der Waals surface area contributed by atoms with Crippen molar-refractivity contribution in [2.45, 2.75) is 6.92 Å². The lowest BCUT2D eigenvalue weighted by Crippen LogP contribution is -2.51. The molecule has 1 aromatic rings. The van der Waals surface area contributed by atoms with E-state index in [2.05, 4.69) is 0 Å². The van der Waals surface area contributed by atoms with Crippen molar-refractivity contribution in [3.05, 3.63) is 23.8 Å². The van der Waals surface area contributed by atoms with Gasteiger partial charge in [-0.2, -0.15) is 0 Å². The predicted octanol–water partition coefficient (Wildman–Crippen LogP) is 1.57. The zero-order valence-electron chi connectivity index (χ0n) is 18.2. The SMILES string of the molecule is CCOC(=O)N1CCN(C(=O)COC(=O)/C=C/c2cc(OC)c(OC)cc2OC)CC1. The Bertz CT molecular complexity index is 816. The number of hydrogen-bond acceptors (Lipinski definition) is 8. The van der Waals surface area contributed by atoms with Gasteiger partial charge in [0.15, 0.2) is 18.1 Å². The molecule has 1 fully saturated rings. The van der Waals surface area contributed by atoms with E-state index in [4.69, 9.17) is 23.7 Å². The molecule has 10 nitrogen and oxygen atoms in total. The molecule has 0 spiro atoms. The number of benzene rings is 1. The minimum Gasteiger partial charge on any atom is -0.496 e. The predicted molar refractivity (Wildman–Crippen MR) is 111 cm³/mol. The van der Waals surface area contributed by atoms with Crippen LogP contribution in [0.3, 0.4) is 0 Å². The van der Waals surface area contributed by atoms with Gasteiger partial charge in [-0.1, -0.05) is 0 Å². The Balaban J connectivity index is 1.87. The van der Waals surface area contributed by atoms with Crippen molar-refractivity contribution in [1.82, 2.24) is 9.80 Å². The Kier molecular flexibility index (Phi) is 8.98. The van der Waals surface area contributed by atoms with Crippen LogP contribution in [0.15, 0.2) is 18.2 Å². The van der Waals surface area contributed by atoms with E-state index in [1.54, 1.807) is 28.9 Å². The number of piperazine rings is 1. The molecular weight excluding hydrogens is 408 g/mol. The smallest absolute Gasteiger partial charge is 0.409 e. The summed E-state index contributed by atoms with van der Waals surface area (Å²) in [4.78, 5) is 39.1. The van der Waals surface area contributed by atoms with Crippen molar-refractivity contribution in [1.29, 1.82) is 0 Å². The molecule has 0 bridgehead atoms. The third-order valence-corrected chi connectivity index (χ3v) is 4.63. The van der Waals surface area contributed by atoms with E-state index < -0.39 is 12.1 Å². The summed E-state index contributed by atoms with van der Waals surface area (Å²) >= 11 is 0. The van der Waals surface area contributed by atoms with Crippen molar-refractivity contribution in [2.75, 3.05) is 60.7 Å². The van der Waals surface area contributed by atoms with Crippen LogP contribution in [0.4, 0.5) is 4.79 Å². The summed E-state index contributed by atoms with van der Waals surface area (Å²) in [5.41, 5.74) is 0.582. The minimum atomic E-state index is -0.671. The van der Waals surface area contributed by atoms with Crippen LogP contribution in [0.1, 0.15) is 12.5 Å². The molecule has 31 heavy (non-hydrogen) atoms. The first kappa shape index (κ1) is 23.8. The number of rotatable bonds is 8. The van der Waals surface area contributed by atoms with Gasteiger partial charge in [0.05, 0.1) is 27.9 Å². The van der Waals surface area contributed by atoms with Gasteiger partial charge in [-0.15, -0.1) is 0 Å². The standard InChI is InChI=1S/C21H28N2O8/c1-5-30-21(26)23-10-8-22(9-11-23)19(24)14-31-20(25)7-6-15-12-17(28-3)18(29-4)13-16(15)27-2/h6-7,12-13H,5,8-11,14H2,1-4H3/b7-6+. The van der Waals surface area contributed by atoms with Crippen LogP contribution in [-0.2, 0) is 19.1 Å². The largest absolute Gasteiger partial charge is 0.496 e. The first-order valence-corrected chi connectivity index (χ1v) is 9.77. The quantitative estimate of drug-likeness (QED) is 0.447. The molecule has 2 amide bonds. The van der Waals surface area contributed by atoms with Crippen molar-refractivity contribution < 1.29 is 38.1 Å². The van der Waals surface area contributed by atoms with Crippen LogP contribution < -0.4 is 14.2 Å². The molecule has 1 aromatic carbocycles. The molecule has 1 saturated heterocycles. The summed E-state index contributed by atoms with van der Waals surface area (Å²) in [5.74, 6) is 0.461. The molecule has 1 aliphatic rings. The van der Waals surface area contributed by atoms with Gasteiger partial charge in [-0.05, 0) is 19.1 Å². The molecule has 0 unspecified atom stereocenters. The maximum absolute atomic E-state index is 12.3. The van der Waals surface area contributed by atoms with Gasteiger partial charge in [-0.25, -0.2) is 9.59 Å². The maximum atomic E-state index is 12.3. The number of carbonyl (C=O) groups is 3. The topological polar surface area (TPSA) is 104 Å². The molecule has 0 radical (unpaired) electrons. The van der Waals surface area contributed by atoms with E-state index in [1.807, 2.05) is 0 Å². The Morgan fingerprint density at radius 3 is 2.03 bits per heavy atom. The van der Waals surface area contributed by atoms with Crippen LogP contribution in [0.2, 0.25) is 0 Å². The van der Waals surface area contributed by atoms with Gasteiger partial charge in [0.2, 0.25) is 0 Å². The lowest BCUT2D eigenvalue weighted by atomic mass is 10.1. The van der Waals surface area contributed by atoms with Gasteiger partial charge < -0.3 is 33.5 Å². The fourth-order valence-electron chi connectivity index (χ4n) is 2.97. The third-order valence-electron chi connectivity index (χ3n) is 4.63. The van der Waals surface area contributed by atoms with Crippen LogP contribution >= 0.6 is 0 Å². The molecule has 1 heterocycles. The second kappa shape index (κ2) is 11.7. The number of methoxy groups -OCH3 is 3. The summed E-state index contributed by atoms with van der Waals surface area (Å²) in [6.45, 7) is 3.11. The van der Waals surface area contributed by atoms with Crippen molar-refractivity contribution in [3.8, 4) is 17.2 Å². The molecule has 0 saturated carbocycles. The number of nitrogens with zero attached hydrogens (tertiary/aromatic N) is 2. The lowest BCUT2D eigenvalue weighted by molar-refractivity contribution is -0.148. The van der Waals surface area contributed by atoms with Gasteiger partial charge in [0, 0.05) is 43.9 Å². The molecule has 10 heteroatoms. The monoisotopic (exact) mass is 436 g/mol. The Morgan fingerprint density at radius 2 is 1.45 bits per heavy atom. The van der Waals surface area contributed by atoms with Crippen LogP contribution in [0.5, 0.6) is 17.2 Å². The Labute approximate surface area is 181 Å². The number of ether oxygens (including phenoxy) is 5. The first-order chi connectivity index (χ1) is 14.9. The Hall–Kier alpha value is -3.43. The highest BCUT2D eigenvalue weighted by Crippen LogP contribution is 2.35. The van der Waals surface area contributed by atoms with E-state index in [0.29, 0.717) is 55.6 Å². The first-order valence-electron chi connectivity index (χ1n) is 9.77. The van der Waals surface area contributed by atoms with Gasteiger partial charge in [-0.3, -0.25) is 4.79 Å². The average Bonchev–Trinajstić information content (AvgIpc) is 2.80. The molecule has 2 rings (SSSR count). The number of carbonyl (C=O) groups excluding carboxylic acids is 3. The highest BCUT2D eigenvalue weighted by molar-refractivity contribution is 5.90. The fourth-order valence-corrected chi connectivity index (χ4v) is 2.97. The number of esters is 1. The van der Waals surface area contributed by atoms with Gasteiger partial charge in [0.1, 0.15) is 5.75 Å². The van der Waals surface area contributed by atoms with E-state index >= 15 is 0 Å². The third kappa shape index (κ3) is 6.53. The normalized spacial score (nSPS) is 13.7. The summed E-state index contributed by atoms with van der Waals surface area (Å²) in [6, 6.07) is 3.30. The molecule has 0 aromatic heterocycles. The zero-order chi connectivity index (χ0) is 22.8. The fraction of sp³-hybridized carbons (Fsp3) is 0.476. The highest BCUT2D eigenvalue weighted by Gasteiger charge is 2.25. The Morgan fingerprint density at radius 1 is 0.871 bits per heavy atom. The van der Waals surface area contributed by atoms with Crippen molar-refractivity contribution in [2.24, 2.45) is 0 Å². The molecule has 1 aliphatic heterocycles. The van der Waals surface area contributed by atoms with E-state index in [-0.39, 0.29) is 12.5 Å². The van der Waals surface area contributed by atoms with Crippen LogP contribution in [0.25, 0.3) is 6.08 Å². The zero-order valence-corrected chi connectivity index (χ0v) is 18.2. The molecule has 0 atom stereocenters. The summed E-state index contributed by atoms with van der Waals surface area (Å²) in [7, 11) is 4.51. The minimum absolute atomic E-state index is 0.302. The van der Waals surface area contributed by atoms with Crippen molar-refractivity contribution in [3.63, 3.8) is 0 Å². The van der Waals surface area contributed by atoms with Crippen LogP contribution in [0, 0.1) is 0 Å². The molecular formula is C21H28N2O8. The highest BCUT2D eigenvalue weighted by atomic mass is 16.6. The number of amides is 2. The second-order valence-corrected chi connectivity index (χ2v) is 6.46. The molecule has 0 N–H and O–H groups in total. The summed E-state index contributed by atoms with van der Waals surface area (Å²) in [6.07, 6.45) is 2.32. The van der Waals surface area contributed by atoms with Gasteiger partial charge >= 0.3 is 12.1 Å².